The molecular formula is C9H8F5NO3S. The van der Waals surface area contributed by atoms with Crippen molar-refractivity contribution >= 4 is 10.0 Å². The van der Waals surface area contributed by atoms with Crippen molar-refractivity contribution in [1.82, 2.24) is 4.72 Å². The van der Waals surface area contributed by atoms with Gasteiger partial charge in [0.1, 0.15) is 24.1 Å². The Balaban J connectivity index is 3.09. The highest BCUT2D eigenvalue weighted by Gasteiger charge is 2.32. The second-order valence-corrected chi connectivity index (χ2v) is 5.24. The standard InChI is InChI=1S/C9H8F5NO3S/c10-5-1-6(11)8(7(12)2-5)19(17,18)15-3-9(13,14)4-16/h1-2,15-16H,3-4H2. The minimum absolute atomic E-state index is 0.0990. The zero-order chi connectivity index (χ0) is 14.8. The number of benzene rings is 1. The molecule has 4 nitrogen and oxygen atoms in total. The number of halogens is 5. The second kappa shape index (κ2) is 5.39. The van der Waals surface area contributed by atoms with Crippen LogP contribution < -0.4 is 4.72 Å². The number of rotatable bonds is 5. The summed E-state index contributed by atoms with van der Waals surface area (Å²) in [6, 6.07) is 0.198. The van der Waals surface area contributed by atoms with Crippen LogP contribution in [-0.4, -0.2) is 32.6 Å². The zero-order valence-corrected chi connectivity index (χ0v) is 9.95. The normalized spacial score (nSPS) is 12.7. The van der Waals surface area contributed by atoms with Crippen LogP contribution in [0.2, 0.25) is 0 Å². The lowest BCUT2D eigenvalue weighted by Gasteiger charge is -2.14. The predicted molar refractivity (Wildman–Crippen MR) is 53.5 cm³/mol. The summed E-state index contributed by atoms with van der Waals surface area (Å²) in [7, 11) is -4.94. The molecule has 1 aromatic carbocycles. The topological polar surface area (TPSA) is 66.4 Å². The number of nitrogens with one attached hydrogen (secondary N) is 1. The third kappa shape index (κ3) is 3.85. The van der Waals surface area contributed by atoms with Crippen LogP contribution in [0.4, 0.5) is 22.0 Å². The van der Waals surface area contributed by atoms with Gasteiger partial charge in [-0.2, -0.15) is 0 Å². The molecule has 2 N–H and O–H groups in total. The molecule has 0 aliphatic heterocycles. The van der Waals surface area contributed by atoms with Crippen LogP contribution in [0.1, 0.15) is 0 Å². The summed E-state index contributed by atoms with van der Waals surface area (Å²) in [6.07, 6.45) is 0. The first-order valence-electron chi connectivity index (χ1n) is 4.72. The summed E-state index contributed by atoms with van der Waals surface area (Å²) in [6.45, 7) is -3.20. The van der Waals surface area contributed by atoms with Crippen LogP contribution in [0.3, 0.4) is 0 Å². The van der Waals surface area contributed by atoms with Gasteiger partial charge in [0.05, 0.1) is 6.54 Å². The van der Waals surface area contributed by atoms with Crippen LogP contribution in [0.15, 0.2) is 17.0 Å². The third-order valence-electron chi connectivity index (χ3n) is 1.98. The van der Waals surface area contributed by atoms with Gasteiger partial charge >= 0.3 is 0 Å². The monoisotopic (exact) mass is 305 g/mol. The van der Waals surface area contributed by atoms with Gasteiger partial charge in [-0.15, -0.1) is 0 Å². The Kier molecular flexibility index (Phi) is 4.48. The fourth-order valence-electron chi connectivity index (χ4n) is 1.11. The van der Waals surface area contributed by atoms with Crippen molar-refractivity contribution in [2.45, 2.75) is 10.8 Å². The van der Waals surface area contributed by atoms with Crippen LogP contribution >= 0.6 is 0 Å². The molecule has 0 spiro atoms. The SMILES string of the molecule is O=S(=O)(NCC(F)(F)CO)c1c(F)cc(F)cc1F. The van der Waals surface area contributed by atoms with E-state index < -0.39 is 51.4 Å². The molecule has 0 unspecified atom stereocenters. The molecule has 0 aromatic heterocycles. The van der Waals surface area contributed by atoms with E-state index in [0.29, 0.717) is 0 Å². The molecule has 0 saturated carbocycles. The lowest BCUT2D eigenvalue weighted by Crippen LogP contribution is -2.39. The Morgan fingerprint density at radius 3 is 2.05 bits per heavy atom. The number of alkyl halides is 2. The number of aliphatic hydroxyl groups excluding tert-OH is 1. The van der Waals surface area contributed by atoms with Gasteiger partial charge in [0.2, 0.25) is 10.0 Å². The van der Waals surface area contributed by atoms with Crippen molar-refractivity contribution in [3.63, 3.8) is 0 Å². The van der Waals surface area contributed by atoms with Gasteiger partial charge in [-0.25, -0.2) is 35.1 Å². The first kappa shape index (κ1) is 15.8. The van der Waals surface area contributed by atoms with E-state index in [-0.39, 0.29) is 12.1 Å². The molecule has 1 aromatic rings. The summed E-state index contributed by atoms with van der Waals surface area (Å²) < 4.78 is 88.3. The van der Waals surface area contributed by atoms with Gasteiger partial charge in [0, 0.05) is 12.1 Å². The van der Waals surface area contributed by atoms with Gasteiger partial charge in [-0.3, -0.25) is 0 Å². The van der Waals surface area contributed by atoms with Gasteiger partial charge in [-0.1, -0.05) is 0 Å². The van der Waals surface area contributed by atoms with E-state index in [4.69, 9.17) is 5.11 Å². The lowest BCUT2D eigenvalue weighted by molar-refractivity contribution is -0.0437. The fourth-order valence-corrected chi connectivity index (χ4v) is 2.29. The number of hydrogen-bond donors (Lipinski definition) is 2. The van der Waals surface area contributed by atoms with E-state index in [1.54, 1.807) is 0 Å². The molecule has 0 amide bonds. The predicted octanol–water partition coefficient (Wildman–Crippen LogP) is 1.01. The molecule has 19 heavy (non-hydrogen) atoms. The van der Waals surface area contributed by atoms with Gasteiger partial charge < -0.3 is 5.11 Å². The molecule has 0 aliphatic carbocycles. The molecule has 0 aliphatic rings. The number of sulfonamides is 1. The van der Waals surface area contributed by atoms with E-state index >= 15 is 0 Å². The summed E-state index contributed by atoms with van der Waals surface area (Å²) >= 11 is 0. The smallest absolute Gasteiger partial charge is 0.283 e. The quantitative estimate of drug-likeness (QED) is 0.798. The van der Waals surface area contributed by atoms with Crippen LogP contribution in [-0.2, 0) is 10.0 Å². The molecule has 0 saturated heterocycles. The molecule has 0 heterocycles. The Morgan fingerprint density at radius 2 is 1.63 bits per heavy atom. The van der Waals surface area contributed by atoms with Crippen molar-refractivity contribution in [2.75, 3.05) is 13.2 Å². The molecule has 0 radical (unpaired) electrons. The summed E-state index contributed by atoms with van der Waals surface area (Å²) in [5, 5.41) is 8.22. The van der Waals surface area contributed by atoms with Crippen molar-refractivity contribution < 1.29 is 35.5 Å². The molecule has 0 atom stereocenters. The van der Waals surface area contributed by atoms with Crippen LogP contribution in [0, 0.1) is 17.5 Å². The van der Waals surface area contributed by atoms with Crippen molar-refractivity contribution in [3.8, 4) is 0 Å². The average Bonchev–Trinajstić information content (AvgIpc) is 2.25. The van der Waals surface area contributed by atoms with Gasteiger partial charge in [0.25, 0.3) is 5.92 Å². The summed E-state index contributed by atoms with van der Waals surface area (Å²) in [4.78, 5) is -1.57. The minimum atomic E-state index is -4.94. The Labute approximate surface area is 104 Å². The number of hydrogen-bond acceptors (Lipinski definition) is 3. The first-order chi connectivity index (χ1) is 8.59. The summed E-state index contributed by atoms with van der Waals surface area (Å²) in [5.74, 6) is -8.65. The maximum atomic E-state index is 13.2. The fraction of sp³-hybridized carbons (Fsp3) is 0.333. The Morgan fingerprint density at radius 1 is 1.16 bits per heavy atom. The second-order valence-electron chi connectivity index (χ2n) is 3.54. The van der Waals surface area contributed by atoms with Crippen LogP contribution in [0.25, 0.3) is 0 Å². The highest BCUT2D eigenvalue weighted by atomic mass is 32.2. The molecule has 1 rings (SSSR count). The maximum absolute atomic E-state index is 13.2. The largest absolute Gasteiger partial charge is 0.390 e. The molecular weight excluding hydrogens is 297 g/mol. The number of aliphatic hydroxyl groups is 1. The van der Waals surface area contributed by atoms with E-state index in [1.165, 1.54) is 4.72 Å². The molecule has 0 fully saturated rings. The minimum Gasteiger partial charge on any atom is -0.390 e. The highest BCUT2D eigenvalue weighted by Crippen LogP contribution is 2.20. The van der Waals surface area contributed by atoms with Gasteiger partial charge in [-0.05, 0) is 0 Å². The highest BCUT2D eigenvalue weighted by molar-refractivity contribution is 7.89. The van der Waals surface area contributed by atoms with E-state index in [1.807, 2.05) is 0 Å². The Bertz CT molecular complexity index is 552. The third-order valence-corrected chi connectivity index (χ3v) is 3.44. The molecule has 0 bridgehead atoms. The van der Waals surface area contributed by atoms with Crippen molar-refractivity contribution in [3.05, 3.63) is 29.6 Å². The van der Waals surface area contributed by atoms with E-state index in [9.17, 15) is 30.4 Å². The van der Waals surface area contributed by atoms with Crippen molar-refractivity contribution in [2.24, 2.45) is 0 Å². The van der Waals surface area contributed by atoms with Crippen molar-refractivity contribution in [1.29, 1.82) is 0 Å². The maximum Gasteiger partial charge on any atom is 0.283 e. The zero-order valence-electron chi connectivity index (χ0n) is 9.13. The van der Waals surface area contributed by atoms with Gasteiger partial charge in [0.15, 0.2) is 4.90 Å². The Hall–Kier alpha value is -1.26. The van der Waals surface area contributed by atoms with Crippen LogP contribution in [0.5, 0.6) is 0 Å². The first-order valence-corrected chi connectivity index (χ1v) is 6.20. The lowest BCUT2D eigenvalue weighted by atomic mass is 10.3. The molecule has 108 valence electrons. The van der Waals surface area contributed by atoms with E-state index in [0.717, 1.165) is 0 Å². The van der Waals surface area contributed by atoms with E-state index in [2.05, 4.69) is 0 Å². The average molecular weight is 305 g/mol. The molecule has 10 heteroatoms. The summed E-state index contributed by atoms with van der Waals surface area (Å²) in [5.41, 5.74) is 0.